The van der Waals surface area contributed by atoms with Crippen LogP contribution >= 0.6 is 0 Å². The summed E-state index contributed by atoms with van der Waals surface area (Å²) in [6.45, 7) is 7.73. The van der Waals surface area contributed by atoms with Gasteiger partial charge in [-0.3, -0.25) is 0 Å². The van der Waals surface area contributed by atoms with Crippen LogP contribution in [-0.4, -0.2) is 13.2 Å². The fraction of sp³-hybridized carbons (Fsp3) is 0.455. The fourth-order valence-corrected chi connectivity index (χ4v) is 2.73. The molecule has 0 fully saturated rings. The van der Waals surface area contributed by atoms with E-state index in [9.17, 15) is 13.2 Å². The van der Waals surface area contributed by atoms with Crippen molar-refractivity contribution in [2.24, 2.45) is 0 Å². The minimum Gasteiger partial charge on any atom is -0.494 e. The van der Waals surface area contributed by atoms with Crippen molar-refractivity contribution in [2.75, 3.05) is 6.61 Å². The lowest BCUT2D eigenvalue weighted by molar-refractivity contribution is -0.0522. The van der Waals surface area contributed by atoms with Crippen LogP contribution in [0.5, 0.6) is 11.5 Å². The minimum absolute atomic E-state index is 0.0356. The maximum Gasteiger partial charge on any atom is 0.387 e. The molecule has 0 aromatic heterocycles. The predicted molar refractivity (Wildman–Crippen MR) is 101 cm³/mol. The van der Waals surface area contributed by atoms with Crippen molar-refractivity contribution >= 4 is 0 Å². The van der Waals surface area contributed by atoms with E-state index in [1.165, 1.54) is 11.6 Å². The molecule has 0 radical (unpaired) electrons. The lowest BCUT2D eigenvalue weighted by Gasteiger charge is -2.26. The Morgan fingerprint density at radius 1 is 0.926 bits per heavy atom. The van der Waals surface area contributed by atoms with E-state index in [1.807, 2.05) is 32.0 Å². The summed E-state index contributed by atoms with van der Waals surface area (Å²) < 4.78 is 48.6. The van der Waals surface area contributed by atoms with Crippen molar-refractivity contribution in [3.8, 4) is 11.5 Å². The maximum atomic E-state index is 13.6. The van der Waals surface area contributed by atoms with Crippen LogP contribution < -0.4 is 9.47 Å². The SMILES string of the molecule is CC(C)(C)c1cccc(OCCC(C)(C)c2ccc(F)c(OC(F)F)c2)c1. The van der Waals surface area contributed by atoms with Crippen LogP contribution in [0.2, 0.25) is 0 Å². The predicted octanol–water partition coefficient (Wildman–Crippen LogP) is 6.47. The minimum atomic E-state index is -3.06. The molecule has 0 spiro atoms. The van der Waals surface area contributed by atoms with Crippen molar-refractivity contribution in [3.05, 3.63) is 59.4 Å². The number of hydrogen-bond donors (Lipinski definition) is 0. The van der Waals surface area contributed by atoms with Gasteiger partial charge in [0.2, 0.25) is 0 Å². The van der Waals surface area contributed by atoms with Crippen LogP contribution in [0.1, 0.15) is 52.2 Å². The maximum absolute atomic E-state index is 13.6. The van der Waals surface area contributed by atoms with E-state index in [1.54, 1.807) is 6.07 Å². The van der Waals surface area contributed by atoms with E-state index in [0.717, 1.165) is 11.8 Å². The molecule has 0 saturated carbocycles. The normalized spacial score (nSPS) is 12.3. The monoisotopic (exact) mass is 380 g/mol. The zero-order chi connectivity index (χ0) is 20.2. The smallest absolute Gasteiger partial charge is 0.387 e. The molecule has 0 N–H and O–H groups in total. The molecular weight excluding hydrogens is 353 g/mol. The second-order valence-corrected chi connectivity index (χ2v) is 8.28. The summed E-state index contributed by atoms with van der Waals surface area (Å²) in [6, 6.07) is 12.1. The molecule has 0 unspecified atom stereocenters. The molecule has 0 bridgehead atoms. The second-order valence-electron chi connectivity index (χ2n) is 8.28. The molecule has 27 heavy (non-hydrogen) atoms. The highest BCUT2D eigenvalue weighted by atomic mass is 19.3. The lowest BCUT2D eigenvalue weighted by Crippen LogP contribution is -2.21. The van der Waals surface area contributed by atoms with E-state index in [-0.39, 0.29) is 5.41 Å². The van der Waals surface area contributed by atoms with Gasteiger partial charge in [0.05, 0.1) is 6.61 Å². The summed E-state index contributed by atoms with van der Waals surface area (Å²) in [6.07, 6.45) is 0.631. The molecule has 2 nitrogen and oxygen atoms in total. The molecule has 5 heteroatoms. The molecule has 148 valence electrons. The highest BCUT2D eigenvalue weighted by Crippen LogP contribution is 2.32. The van der Waals surface area contributed by atoms with Crippen LogP contribution in [0.4, 0.5) is 13.2 Å². The Kier molecular flexibility index (Phi) is 6.45. The number of alkyl halides is 2. The molecule has 0 amide bonds. The highest BCUT2D eigenvalue weighted by molar-refractivity contribution is 5.35. The average molecular weight is 380 g/mol. The van der Waals surface area contributed by atoms with Crippen molar-refractivity contribution in [1.82, 2.24) is 0 Å². The summed E-state index contributed by atoms with van der Waals surface area (Å²) >= 11 is 0. The van der Waals surface area contributed by atoms with Crippen LogP contribution in [0, 0.1) is 5.82 Å². The quantitative estimate of drug-likeness (QED) is 0.548. The molecule has 0 atom stereocenters. The van der Waals surface area contributed by atoms with E-state index in [0.29, 0.717) is 18.6 Å². The molecule has 2 aromatic carbocycles. The van der Waals surface area contributed by atoms with E-state index in [4.69, 9.17) is 4.74 Å². The molecule has 0 aliphatic heterocycles. The molecule has 2 aromatic rings. The third-order valence-corrected chi connectivity index (χ3v) is 4.62. The second kappa shape index (κ2) is 8.24. The van der Waals surface area contributed by atoms with Crippen molar-refractivity contribution < 1.29 is 22.6 Å². The Labute approximate surface area is 159 Å². The summed E-state index contributed by atoms with van der Waals surface area (Å²) in [7, 11) is 0. The summed E-state index contributed by atoms with van der Waals surface area (Å²) in [5.41, 5.74) is 1.54. The Morgan fingerprint density at radius 3 is 2.26 bits per heavy atom. The highest BCUT2D eigenvalue weighted by Gasteiger charge is 2.23. The molecule has 0 aliphatic carbocycles. The van der Waals surface area contributed by atoms with Gasteiger partial charge in [0.25, 0.3) is 0 Å². The first-order valence-corrected chi connectivity index (χ1v) is 8.97. The van der Waals surface area contributed by atoms with Crippen molar-refractivity contribution in [3.63, 3.8) is 0 Å². The number of ether oxygens (including phenoxy) is 2. The topological polar surface area (TPSA) is 18.5 Å². The number of rotatable bonds is 7. The van der Waals surface area contributed by atoms with Gasteiger partial charge in [-0.15, -0.1) is 0 Å². The Balaban J connectivity index is 2.05. The van der Waals surface area contributed by atoms with Gasteiger partial charge in [0.15, 0.2) is 11.6 Å². The Morgan fingerprint density at radius 2 is 1.63 bits per heavy atom. The summed E-state index contributed by atoms with van der Waals surface area (Å²) in [4.78, 5) is 0. The molecular formula is C22H27F3O2. The largest absolute Gasteiger partial charge is 0.494 e. The van der Waals surface area contributed by atoms with E-state index >= 15 is 0 Å². The zero-order valence-corrected chi connectivity index (χ0v) is 16.5. The first kappa shape index (κ1) is 21.1. The molecule has 2 rings (SSSR count). The summed E-state index contributed by atoms with van der Waals surface area (Å²) in [5.74, 6) is -0.446. The fourth-order valence-electron chi connectivity index (χ4n) is 2.73. The molecule has 0 aliphatic rings. The van der Waals surface area contributed by atoms with Crippen LogP contribution in [0.3, 0.4) is 0 Å². The first-order chi connectivity index (χ1) is 12.5. The molecule has 0 heterocycles. The first-order valence-electron chi connectivity index (χ1n) is 8.97. The lowest BCUT2D eigenvalue weighted by atomic mass is 9.82. The molecule has 0 saturated heterocycles. The average Bonchev–Trinajstić information content (AvgIpc) is 2.55. The van der Waals surface area contributed by atoms with Gasteiger partial charge < -0.3 is 9.47 Å². The van der Waals surface area contributed by atoms with Gasteiger partial charge in [0, 0.05) is 0 Å². The standard InChI is InChI=1S/C22H27F3O2/c1-21(2,3)15-7-6-8-17(13-15)26-12-11-22(4,5)16-9-10-18(23)19(14-16)27-20(24)25/h6-10,13-14,20H,11-12H2,1-5H3. The third-order valence-electron chi connectivity index (χ3n) is 4.62. The van der Waals surface area contributed by atoms with E-state index in [2.05, 4.69) is 31.6 Å². The summed E-state index contributed by atoms with van der Waals surface area (Å²) in [5, 5.41) is 0. The number of benzene rings is 2. The number of hydrogen-bond acceptors (Lipinski definition) is 2. The van der Waals surface area contributed by atoms with Crippen LogP contribution in [-0.2, 0) is 10.8 Å². The van der Waals surface area contributed by atoms with Gasteiger partial charge in [-0.1, -0.05) is 52.8 Å². The van der Waals surface area contributed by atoms with E-state index < -0.39 is 23.6 Å². The van der Waals surface area contributed by atoms with Gasteiger partial charge in [-0.2, -0.15) is 8.78 Å². The Hall–Kier alpha value is -2.17. The Bertz CT molecular complexity index is 764. The number of halogens is 3. The van der Waals surface area contributed by atoms with Crippen molar-refractivity contribution in [2.45, 2.75) is 58.5 Å². The zero-order valence-electron chi connectivity index (χ0n) is 16.5. The van der Waals surface area contributed by atoms with Crippen LogP contribution in [0.25, 0.3) is 0 Å². The van der Waals surface area contributed by atoms with Gasteiger partial charge >= 0.3 is 6.61 Å². The van der Waals surface area contributed by atoms with Crippen LogP contribution in [0.15, 0.2) is 42.5 Å². The van der Waals surface area contributed by atoms with Gasteiger partial charge in [-0.25, -0.2) is 4.39 Å². The van der Waals surface area contributed by atoms with Crippen molar-refractivity contribution in [1.29, 1.82) is 0 Å². The van der Waals surface area contributed by atoms with Gasteiger partial charge in [-0.05, 0) is 52.6 Å². The van der Waals surface area contributed by atoms with Gasteiger partial charge in [0.1, 0.15) is 5.75 Å². The third kappa shape index (κ3) is 5.91.